The maximum absolute atomic E-state index is 12.8. The van der Waals surface area contributed by atoms with E-state index in [-0.39, 0.29) is 11.3 Å². The van der Waals surface area contributed by atoms with Gasteiger partial charge < -0.3 is 0 Å². The smallest absolute Gasteiger partial charge is 0.269 e. The molecule has 0 aliphatic heterocycles. The molecule has 1 heterocycles. The second kappa shape index (κ2) is 4.02. The van der Waals surface area contributed by atoms with Gasteiger partial charge in [-0.1, -0.05) is 18.4 Å². The zero-order chi connectivity index (χ0) is 13.8. The molecule has 4 aliphatic carbocycles. The van der Waals surface area contributed by atoms with E-state index >= 15 is 0 Å². The lowest BCUT2D eigenvalue weighted by molar-refractivity contribution is -0.152. The van der Waals surface area contributed by atoms with Crippen molar-refractivity contribution >= 4 is 11.9 Å². The summed E-state index contributed by atoms with van der Waals surface area (Å²) in [7, 11) is 0. The molecular formula is C14H21N5O. The number of aromatic nitrogens is 4. The molecule has 4 saturated carbocycles. The normalized spacial score (nSPS) is 41.9. The fourth-order valence-corrected chi connectivity index (χ4v) is 5.58. The molecule has 0 saturated heterocycles. The minimum atomic E-state index is -0.180. The fourth-order valence-electron chi connectivity index (χ4n) is 5.58. The van der Waals surface area contributed by atoms with Gasteiger partial charge in [0.25, 0.3) is 5.95 Å². The zero-order valence-electron chi connectivity index (χ0n) is 11.9. The van der Waals surface area contributed by atoms with Gasteiger partial charge in [0.15, 0.2) is 0 Å². The van der Waals surface area contributed by atoms with Crippen LogP contribution in [0.3, 0.4) is 0 Å². The van der Waals surface area contributed by atoms with Gasteiger partial charge in [-0.15, -0.1) is 5.10 Å². The van der Waals surface area contributed by atoms with E-state index in [9.17, 15) is 4.79 Å². The van der Waals surface area contributed by atoms with Crippen molar-refractivity contribution in [2.75, 3.05) is 5.32 Å². The van der Waals surface area contributed by atoms with Crippen LogP contribution in [-0.2, 0) is 4.79 Å². The number of nitrogens with zero attached hydrogens (tertiary/aromatic N) is 3. The van der Waals surface area contributed by atoms with Crippen molar-refractivity contribution in [1.29, 1.82) is 0 Å². The van der Waals surface area contributed by atoms with Crippen LogP contribution in [0.5, 0.6) is 0 Å². The molecule has 1 amide bonds. The number of carbonyl (C=O) groups excluding carboxylic acids is 1. The maximum Gasteiger partial charge on any atom is 0.269 e. The summed E-state index contributed by atoms with van der Waals surface area (Å²) < 4.78 is 0. The predicted octanol–water partition coefficient (Wildman–Crippen LogP) is 2.13. The third-order valence-electron chi connectivity index (χ3n) is 5.98. The lowest BCUT2D eigenvalue weighted by Crippen LogP contribution is -2.56. The van der Waals surface area contributed by atoms with E-state index in [1.54, 1.807) is 0 Å². The van der Waals surface area contributed by atoms with Gasteiger partial charge >= 0.3 is 0 Å². The molecule has 108 valence electrons. The molecule has 5 rings (SSSR count). The number of rotatable bonds is 3. The highest BCUT2D eigenvalue weighted by Gasteiger charge is 2.59. The maximum atomic E-state index is 12.8. The fraction of sp³-hybridized carbons (Fsp3) is 0.857. The summed E-state index contributed by atoms with van der Waals surface area (Å²) in [5.41, 5.74) is 0.236. The number of anilines is 1. The number of nitrogens with one attached hydrogen (secondary N) is 2. The van der Waals surface area contributed by atoms with Gasteiger partial charge in [0.2, 0.25) is 5.91 Å². The van der Waals surface area contributed by atoms with Crippen LogP contribution in [0.4, 0.5) is 5.95 Å². The third kappa shape index (κ3) is 1.70. The molecule has 4 fully saturated rings. The van der Waals surface area contributed by atoms with Gasteiger partial charge in [-0.3, -0.25) is 10.1 Å². The van der Waals surface area contributed by atoms with Crippen LogP contribution in [0.25, 0.3) is 0 Å². The SMILES string of the molecule is CCC12C[C@H]3C[C@H](C1)CC(C(=O)Nc1nn[nH]n1)(C3)C2. The summed E-state index contributed by atoms with van der Waals surface area (Å²) >= 11 is 0. The van der Waals surface area contributed by atoms with Gasteiger partial charge in [-0.05, 0) is 61.0 Å². The Morgan fingerprint density at radius 1 is 1.35 bits per heavy atom. The first-order valence-corrected chi connectivity index (χ1v) is 7.68. The minimum absolute atomic E-state index is 0.117. The molecule has 4 bridgehead atoms. The van der Waals surface area contributed by atoms with Crippen molar-refractivity contribution in [3.05, 3.63) is 0 Å². The molecule has 0 spiro atoms. The largest absolute Gasteiger partial charge is 0.291 e. The van der Waals surface area contributed by atoms with Gasteiger partial charge in [0, 0.05) is 0 Å². The molecule has 4 aliphatic rings. The second-order valence-electron chi connectivity index (χ2n) is 7.28. The molecule has 1 aromatic rings. The van der Waals surface area contributed by atoms with E-state index in [0.717, 1.165) is 31.1 Å². The highest BCUT2D eigenvalue weighted by atomic mass is 16.2. The van der Waals surface area contributed by atoms with E-state index < -0.39 is 0 Å². The van der Waals surface area contributed by atoms with Crippen molar-refractivity contribution in [2.24, 2.45) is 22.7 Å². The molecule has 20 heavy (non-hydrogen) atoms. The highest BCUT2D eigenvalue weighted by Crippen LogP contribution is 2.66. The number of hydrogen-bond donors (Lipinski definition) is 2. The van der Waals surface area contributed by atoms with Crippen molar-refractivity contribution in [3.63, 3.8) is 0 Å². The second-order valence-corrected chi connectivity index (χ2v) is 7.28. The summed E-state index contributed by atoms with van der Waals surface area (Å²) in [6.45, 7) is 2.29. The number of H-pyrrole nitrogens is 1. The van der Waals surface area contributed by atoms with Crippen LogP contribution in [0.15, 0.2) is 0 Å². The molecule has 1 aromatic heterocycles. The summed E-state index contributed by atoms with van der Waals surface area (Å²) in [5, 5.41) is 16.4. The van der Waals surface area contributed by atoms with Crippen LogP contribution >= 0.6 is 0 Å². The lowest BCUT2D eigenvalue weighted by Gasteiger charge is -2.61. The minimum Gasteiger partial charge on any atom is -0.291 e. The summed E-state index contributed by atoms with van der Waals surface area (Å²) in [4.78, 5) is 12.8. The predicted molar refractivity (Wildman–Crippen MR) is 72.6 cm³/mol. The van der Waals surface area contributed by atoms with E-state index in [0.29, 0.717) is 11.4 Å². The van der Waals surface area contributed by atoms with Gasteiger partial charge in [0.05, 0.1) is 5.41 Å². The Labute approximate surface area is 118 Å². The zero-order valence-corrected chi connectivity index (χ0v) is 11.9. The highest BCUT2D eigenvalue weighted by molar-refractivity contribution is 5.94. The Bertz CT molecular complexity index is 512. The summed E-state index contributed by atoms with van der Waals surface area (Å²) in [6.07, 6.45) is 8.35. The molecule has 2 N–H and O–H groups in total. The van der Waals surface area contributed by atoms with Crippen LogP contribution in [-0.4, -0.2) is 26.5 Å². The van der Waals surface area contributed by atoms with Crippen molar-refractivity contribution in [3.8, 4) is 0 Å². The first-order chi connectivity index (χ1) is 9.63. The Morgan fingerprint density at radius 3 is 2.70 bits per heavy atom. The van der Waals surface area contributed by atoms with Gasteiger partial charge in [0.1, 0.15) is 0 Å². The molecule has 0 aromatic carbocycles. The van der Waals surface area contributed by atoms with E-state index in [4.69, 9.17) is 0 Å². The first-order valence-electron chi connectivity index (χ1n) is 7.68. The Balaban J connectivity index is 1.61. The topological polar surface area (TPSA) is 83.6 Å². The Kier molecular flexibility index (Phi) is 2.47. The first kappa shape index (κ1) is 12.3. The van der Waals surface area contributed by atoms with Crippen molar-refractivity contribution < 1.29 is 4.79 Å². The quantitative estimate of drug-likeness (QED) is 0.885. The van der Waals surface area contributed by atoms with E-state index in [1.807, 2.05) is 0 Å². The number of amides is 1. The molecular weight excluding hydrogens is 254 g/mol. The van der Waals surface area contributed by atoms with E-state index in [1.165, 1.54) is 25.7 Å². The molecule has 2 atom stereocenters. The summed E-state index contributed by atoms with van der Waals surface area (Å²) in [6, 6.07) is 0. The van der Waals surface area contributed by atoms with E-state index in [2.05, 4.69) is 32.9 Å². The Morgan fingerprint density at radius 2 is 2.10 bits per heavy atom. The number of aromatic amines is 1. The van der Waals surface area contributed by atoms with Crippen LogP contribution < -0.4 is 5.32 Å². The molecule has 6 heteroatoms. The van der Waals surface area contributed by atoms with Crippen LogP contribution in [0.1, 0.15) is 51.9 Å². The van der Waals surface area contributed by atoms with Crippen molar-refractivity contribution in [1.82, 2.24) is 20.6 Å². The lowest BCUT2D eigenvalue weighted by atomic mass is 9.43. The number of carbonyl (C=O) groups is 1. The molecule has 0 radical (unpaired) electrons. The molecule has 6 nitrogen and oxygen atoms in total. The van der Waals surface area contributed by atoms with Crippen LogP contribution in [0, 0.1) is 22.7 Å². The summed E-state index contributed by atoms with van der Waals surface area (Å²) in [5.74, 6) is 1.90. The van der Waals surface area contributed by atoms with Gasteiger partial charge in [-0.25, -0.2) is 0 Å². The average molecular weight is 275 g/mol. The monoisotopic (exact) mass is 275 g/mol. The Hall–Kier alpha value is -1.46. The average Bonchev–Trinajstić information content (AvgIpc) is 2.90. The van der Waals surface area contributed by atoms with Crippen LogP contribution in [0.2, 0.25) is 0 Å². The number of tetrazole rings is 1. The van der Waals surface area contributed by atoms with Gasteiger partial charge in [-0.2, -0.15) is 5.21 Å². The van der Waals surface area contributed by atoms with Crippen molar-refractivity contribution in [2.45, 2.75) is 51.9 Å². The standard InChI is InChI=1S/C14H21N5O/c1-2-13-4-9-3-10(5-13)7-14(6-9,8-13)11(20)15-12-16-18-19-17-12/h9-10H,2-8H2,1H3,(H2,15,16,17,18,19,20)/t9-,10-,13?,14?/m1/s1. The molecule has 0 unspecified atom stereocenters. The third-order valence-corrected chi connectivity index (χ3v) is 5.98. The number of hydrogen-bond acceptors (Lipinski definition) is 4.